The van der Waals surface area contributed by atoms with Crippen LogP contribution in [0.3, 0.4) is 0 Å². The number of aryl methyl sites for hydroxylation is 2. The SMILES string of the molecule is CC(=O)N(CC(=O)Nc1nc(-c2ccccc2)cn1-c1ccc(C)c(C)c1)CC(C)C. The van der Waals surface area contributed by atoms with Crippen molar-refractivity contribution >= 4 is 17.8 Å². The number of hydrogen-bond acceptors (Lipinski definition) is 3. The quantitative estimate of drug-likeness (QED) is 0.610. The molecule has 0 saturated carbocycles. The molecule has 0 fully saturated rings. The van der Waals surface area contributed by atoms with Crippen molar-refractivity contribution in [2.45, 2.75) is 34.6 Å². The number of anilines is 1. The Labute approximate surface area is 183 Å². The van der Waals surface area contributed by atoms with Gasteiger partial charge in [-0.15, -0.1) is 0 Å². The molecular weight excluding hydrogens is 388 g/mol. The molecule has 2 aromatic carbocycles. The van der Waals surface area contributed by atoms with E-state index in [1.165, 1.54) is 12.5 Å². The molecule has 0 saturated heterocycles. The van der Waals surface area contributed by atoms with Crippen LogP contribution in [0.15, 0.2) is 54.7 Å². The van der Waals surface area contributed by atoms with E-state index in [0.717, 1.165) is 22.5 Å². The smallest absolute Gasteiger partial charge is 0.246 e. The molecule has 0 radical (unpaired) electrons. The van der Waals surface area contributed by atoms with E-state index in [1.54, 1.807) is 4.90 Å². The van der Waals surface area contributed by atoms with Crippen LogP contribution in [-0.4, -0.2) is 39.4 Å². The first kappa shape index (κ1) is 22.3. The average Bonchev–Trinajstić information content (AvgIpc) is 3.13. The van der Waals surface area contributed by atoms with Gasteiger partial charge in [-0.2, -0.15) is 0 Å². The largest absolute Gasteiger partial charge is 0.333 e. The second kappa shape index (κ2) is 9.60. The van der Waals surface area contributed by atoms with Crippen LogP contribution < -0.4 is 5.32 Å². The summed E-state index contributed by atoms with van der Waals surface area (Å²) in [5.74, 6) is 0.316. The Hall–Kier alpha value is -3.41. The second-order valence-electron chi connectivity index (χ2n) is 8.30. The first-order valence-electron chi connectivity index (χ1n) is 10.5. The summed E-state index contributed by atoms with van der Waals surface area (Å²) in [6.45, 7) is 10.2. The molecule has 162 valence electrons. The average molecular weight is 419 g/mol. The number of nitrogens with one attached hydrogen (secondary N) is 1. The van der Waals surface area contributed by atoms with Gasteiger partial charge in [0.25, 0.3) is 0 Å². The van der Waals surface area contributed by atoms with Crippen LogP contribution in [0.1, 0.15) is 31.9 Å². The van der Waals surface area contributed by atoms with Gasteiger partial charge >= 0.3 is 0 Å². The molecule has 31 heavy (non-hydrogen) atoms. The Morgan fingerprint density at radius 1 is 1.06 bits per heavy atom. The number of nitrogens with zero attached hydrogens (tertiary/aromatic N) is 3. The van der Waals surface area contributed by atoms with Crippen molar-refractivity contribution in [3.8, 4) is 16.9 Å². The predicted molar refractivity (Wildman–Crippen MR) is 124 cm³/mol. The van der Waals surface area contributed by atoms with Gasteiger partial charge in [0.15, 0.2) is 0 Å². The Kier molecular flexibility index (Phi) is 6.90. The first-order chi connectivity index (χ1) is 14.7. The molecule has 1 heterocycles. The first-order valence-corrected chi connectivity index (χ1v) is 10.5. The van der Waals surface area contributed by atoms with Crippen LogP contribution in [0, 0.1) is 19.8 Å². The highest BCUT2D eigenvalue weighted by Crippen LogP contribution is 2.25. The maximum atomic E-state index is 12.8. The maximum Gasteiger partial charge on any atom is 0.246 e. The number of carbonyl (C=O) groups excluding carboxylic acids is 2. The van der Waals surface area contributed by atoms with Gasteiger partial charge in [-0.05, 0) is 43.0 Å². The molecule has 0 aliphatic heterocycles. The zero-order valence-corrected chi connectivity index (χ0v) is 18.8. The molecule has 2 amide bonds. The zero-order chi connectivity index (χ0) is 22.5. The van der Waals surface area contributed by atoms with Crippen molar-refractivity contribution in [2.75, 3.05) is 18.4 Å². The molecular formula is C25H30N4O2. The lowest BCUT2D eigenvalue weighted by Gasteiger charge is -2.22. The number of aromatic nitrogens is 2. The van der Waals surface area contributed by atoms with E-state index in [2.05, 4.69) is 36.3 Å². The third-order valence-corrected chi connectivity index (χ3v) is 5.16. The van der Waals surface area contributed by atoms with Gasteiger partial charge in [-0.25, -0.2) is 4.98 Å². The second-order valence-corrected chi connectivity index (χ2v) is 8.30. The van der Waals surface area contributed by atoms with Gasteiger partial charge in [-0.3, -0.25) is 19.5 Å². The molecule has 6 heteroatoms. The number of imidazole rings is 1. The van der Waals surface area contributed by atoms with E-state index in [1.807, 2.05) is 61.0 Å². The van der Waals surface area contributed by atoms with Crippen molar-refractivity contribution in [1.82, 2.24) is 14.5 Å². The van der Waals surface area contributed by atoms with Crippen molar-refractivity contribution in [2.24, 2.45) is 5.92 Å². The number of hydrogen-bond donors (Lipinski definition) is 1. The predicted octanol–water partition coefficient (Wildman–Crippen LogP) is 4.60. The summed E-state index contributed by atoms with van der Waals surface area (Å²) in [5, 5.41) is 2.91. The summed E-state index contributed by atoms with van der Waals surface area (Å²) in [6, 6.07) is 16.0. The molecule has 0 spiro atoms. The van der Waals surface area contributed by atoms with Crippen LogP contribution in [0.25, 0.3) is 16.9 Å². The molecule has 6 nitrogen and oxygen atoms in total. The van der Waals surface area contributed by atoms with Crippen molar-refractivity contribution in [3.63, 3.8) is 0 Å². The maximum absolute atomic E-state index is 12.8. The summed E-state index contributed by atoms with van der Waals surface area (Å²) in [6.07, 6.45) is 1.92. The Morgan fingerprint density at radius 2 is 1.77 bits per heavy atom. The van der Waals surface area contributed by atoms with Crippen LogP contribution >= 0.6 is 0 Å². The lowest BCUT2D eigenvalue weighted by molar-refractivity contribution is -0.133. The van der Waals surface area contributed by atoms with E-state index in [4.69, 9.17) is 0 Å². The standard InChI is InChI=1S/C25H30N4O2/c1-17(2)14-28(20(5)30)16-24(31)27-25-26-23(21-9-7-6-8-10-21)15-29(25)22-12-11-18(3)19(4)13-22/h6-13,15,17H,14,16H2,1-5H3,(H,26,27,31). The summed E-state index contributed by atoms with van der Waals surface area (Å²) < 4.78 is 1.88. The third kappa shape index (κ3) is 5.60. The lowest BCUT2D eigenvalue weighted by atomic mass is 10.1. The fraction of sp³-hybridized carbons (Fsp3) is 0.320. The number of carbonyl (C=O) groups is 2. The molecule has 0 unspecified atom stereocenters. The van der Waals surface area contributed by atoms with E-state index in [0.29, 0.717) is 12.5 Å². The fourth-order valence-corrected chi connectivity index (χ4v) is 3.37. The normalized spacial score (nSPS) is 10.9. The van der Waals surface area contributed by atoms with Gasteiger partial charge < -0.3 is 4.90 Å². The van der Waals surface area contributed by atoms with Gasteiger partial charge in [0.1, 0.15) is 0 Å². The number of benzene rings is 2. The monoisotopic (exact) mass is 418 g/mol. The van der Waals surface area contributed by atoms with Crippen LogP contribution in [-0.2, 0) is 9.59 Å². The third-order valence-electron chi connectivity index (χ3n) is 5.16. The molecule has 0 atom stereocenters. The minimum atomic E-state index is -0.272. The van der Waals surface area contributed by atoms with E-state index < -0.39 is 0 Å². The van der Waals surface area contributed by atoms with Crippen molar-refractivity contribution < 1.29 is 9.59 Å². The lowest BCUT2D eigenvalue weighted by Crippen LogP contribution is -2.39. The minimum Gasteiger partial charge on any atom is -0.333 e. The summed E-state index contributed by atoms with van der Waals surface area (Å²) in [5.41, 5.74) is 5.00. The summed E-state index contributed by atoms with van der Waals surface area (Å²) in [7, 11) is 0. The van der Waals surface area contributed by atoms with E-state index in [9.17, 15) is 9.59 Å². The van der Waals surface area contributed by atoms with Gasteiger partial charge in [0.2, 0.25) is 17.8 Å². The molecule has 1 N–H and O–H groups in total. The van der Waals surface area contributed by atoms with Gasteiger partial charge in [0.05, 0.1) is 12.2 Å². The van der Waals surface area contributed by atoms with E-state index in [-0.39, 0.29) is 24.3 Å². The topological polar surface area (TPSA) is 67.2 Å². The van der Waals surface area contributed by atoms with Crippen LogP contribution in [0.2, 0.25) is 0 Å². The number of rotatable bonds is 7. The summed E-state index contributed by atoms with van der Waals surface area (Å²) >= 11 is 0. The Morgan fingerprint density at radius 3 is 2.39 bits per heavy atom. The van der Waals surface area contributed by atoms with E-state index >= 15 is 0 Å². The fourth-order valence-electron chi connectivity index (χ4n) is 3.37. The van der Waals surface area contributed by atoms with Gasteiger partial charge in [0, 0.05) is 30.9 Å². The molecule has 1 aromatic heterocycles. The molecule has 0 aliphatic rings. The highest BCUT2D eigenvalue weighted by atomic mass is 16.2. The Bertz CT molecular complexity index is 1070. The highest BCUT2D eigenvalue weighted by Gasteiger charge is 2.18. The molecule has 0 aliphatic carbocycles. The molecule has 3 aromatic rings. The van der Waals surface area contributed by atoms with Crippen LogP contribution in [0.4, 0.5) is 5.95 Å². The zero-order valence-electron chi connectivity index (χ0n) is 18.8. The highest BCUT2D eigenvalue weighted by molar-refractivity contribution is 5.93. The molecule has 3 rings (SSSR count). The van der Waals surface area contributed by atoms with Gasteiger partial charge in [-0.1, -0.05) is 50.2 Å². The van der Waals surface area contributed by atoms with Crippen LogP contribution in [0.5, 0.6) is 0 Å². The number of amides is 2. The minimum absolute atomic E-state index is 0.00598. The summed E-state index contributed by atoms with van der Waals surface area (Å²) in [4.78, 5) is 31.0. The van der Waals surface area contributed by atoms with Crippen molar-refractivity contribution in [3.05, 3.63) is 65.9 Å². The molecule has 0 bridgehead atoms. The Balaban J connectivity index is 1.94. The van der Waals surface area contributed by atoms with Crippen molar-refractivity contribution in [1.29, 1.82) is 0 Å².